The highest BCUT2D eigenvalue weighted by Gasteiger charge is 2.68. The van der Waals surface area contributed by atoms with Crippen molar-refractivity contribution in [1.82, 2.24) is 0 Å². The van der Waals surface area contributed by atoms with E-state index in [1.807, 2.05) is 0 Å². The summed E-state index contributed by atoms with van der Waals surface area (Å²) in [6, 6.07) is 0. The van der Waals surface area contributed by atoms with Gasteiger partial charge in [-0.15, -0.1) is 0 Å². The Morgan fingerprint density at radius 3 is 1.62 bits per heavy atom. The number of hydrogen-bond acceptors (Lipinski definition) is 5. The fourth-order valence-electron chi connectivity index (χ4n) is 1.43. The second-order valence-electron chi connectivity index (χ2n) is 3.46. The molecule has 0 aromatic carbocycles. The molecule has 0 spiro atoms. The third-order valence-corrected chi connectivity index (χ3v) is 2.35. The molecule has 1 aliphatic heterocycles. The van der Waals surface area contributed by atoms with E-state index in [2.05, 4.69) is 0 Å². The van der Waals surface area contributed by atoms with E-state index >= 15 is 0 Å². The molecule has 0 aromatic rings. The molecular formula is C8H18N2O3. The first-order chi connectivity index (χ1) is 6.08. The van der Waals surface area contributed by atoms with Crippen LogP contribution in [0.15, 0.2) is 0 Å². The Bertz CT molecular complexity index is 161. The minimum atomic E-state index is -1.37. The van der Waals surface area contributed by atoms with E-state index in [0.717, 1.165) is 0 Å². The lowest BCUT2D eigenvalue weighted by molar-refractivity contribution is 0.00855. The average molecular weight is 190 g/mol. The molecule has 6 N–H and O–H groups in total. The van der Waals surface area contributed by atoms with Gasteiger partial charge in [-0.3, -0.25) is 0 Å². The number of epoxide rings is 1. The number of aliphatic hydroxyl groups is 2. The van der Waals surface area contributed by atoms with Crippen LogP contribution < -0.4 is 11.5 Å². The average Bonchev–Trinajstić information content (AvgIpc) is 2.64. The van der Waals surface area contributed by atoms with E-state index in [1.165, 1.54) is 0 Å². The zero-order valence-corrected chi connectivity index (χ0v) is 7.70. The maximum atomic E-state index is 9.64. The summed E-state index contributed by atoms with van der Waals surface area (Å²) >= 11 is 0. The van der Waals surface area contributed by atoms with E-state index < -0.39 is 11.6 Å². The molecular weight excluding hydrogens is 172 g/mol. The van der Waals surface area contributed by atoms with Crippen LogP contribution in [-0.4, -0.2) is 34.9 Å². The first-order valence-corrected chi connectivity index (χ1v) is 4.63. The summed E-state index contributed by atoms with van der Waals surface area (Å²) in [4.78, 5) is 0. The third kappa shape index (κ3) is 2.18. The Hall–Kier alpha value is -0.200. The predicted molar refractivity (Wildman–Crippen MR) is 47.6 cm³/mol. The number of hydrogen-bond donors (Lipinski definition) is 4. The van der Waals surface area contributed by atoms with Crippen LogP contribution in [0.1, 0.15) is 25.7 Å². The molecule has 1 rings (SSSR count). The van der Waals surface area contributed by atoms with Crippen molar-refractivity contribution in [3.05, 3.63) is 0 Å². The first kappa shape index (κ1) is 10.9. The van der Waals surface area contributed by atoms with Crippen LogP contribution in [-0.2, 0) is 4.74 Å². The van der Waals surface area contributed by atoms with Crippen molar-refractivity contribution in [2.24, 2.45) is 11.5 Å². The summed E-state index contributed by atoms with van der Waals surface area (Å²) in [5.41, 5.74) is 10.6. The summed E-state index contributed by atoms with van der Waals surface area (Å²) in [5.74, 6) is -2.75. The van der Waals surface area contributed by atoms with Crippen molar-refractivity contribution in [2.75, 3.05) is 13.1 Å². The molecule has 13 heavy (non-hydrogen) atoms. The van der Waals surface area contributed by atoms with Crippen LogP contribution in [0.5, 0.6) is 0 Å². The van der Waals surface area contributed by atoms with Crippen molar-refractivity contribution >= 4 is 0 Å². The van der Waals surface area contributed by atoms with Gasteiger partial charge in [0.1, 0.15) is 0 Å². The van der Waals surface area contributed by atoms with Gasteiger partial charge in [-0.05, 0) is 25.9 Å². The van der Waals surface area contributed by atoms with Gasteiger partial charge in [-0.2, -0.15) is 0 Å². The van der Waals surface area contributed by atoms with Gasteiger partial charge in [-0.25, -0.2) is 0 Å². The predicted octanol–water partition coefficient (Wildman–Crippen LogP) is -1.13. The molecule has 5 heteroatoms. The highest BCUT2D eigenvalue weighted by atomic mass is 16.8. The molecule has 0 radical (unpaired) electrons. The number of rotatable bonds is 6. The minimum Gasteiger partial charge on any atom is -0.361 e. The van der Waals surface area contributed by atoms with Crippen LogP contribution in [0.2, 0.25) is 0 Å². The van der Waals surface area contributed by atoms with Crippen LogP contribution >= 0.6 is 0 Å². The standard InChI is InChI=1S/C8H18N2O3/c9-5-1-3-7(11)8(12,13-7)4-2-6-10/h11-12H,1-6,9-10H2. The lowest BCUT2D eigenvalue weighted by atomic mass is 10.0. The van der Waals surface area contributed by atoms with E-state index in [0.29, 0.717) is 38.8 Å². The van der Waals surface area contributed by atoms with Gasteiger partial charge in [0.05, 0.1) is 0 Å². The Balaban J connectivity index is 2.30. The zero-order valence-electron chi connectivity index (χ0n) is 7.70. The van der Waals surface area contributed by atoms with Gasteiger partial charge >= 0.3 is 0 Å². The van der Waals surface area contributed by atoms with Gasteiger partial charge in [0.2, 0.25) is 11.6 Å². The molecule has 2 unspecified atom stereocenters. The zero-order chi connectivity index (χ0) is 9.95. The van der Waals surface area contributed by atoms with E-state index in [-0.39, 0.29) is 0 Å². The molecule has 0 aromatic heterocycles. The molecule has 1 saturated heterocycles. The monoisotopic (exact) mass is 190 g/mol. The van der Waals surface area contributed by atoms with Crippen molar-refractivity contribution in [3.8, 4) is 0 Å². The van der Waals surface area contributed by atoms with Crippen molar-refractivity contribution in [2.45, 2.75) is 37.3 Å². The highest BCUT2D eigenvalue weighted by Crippen LogP contribution is 2.49. The number of ether oxygens (including phenoxy) is 1. The molecule has 0 aliphatic carbocycles. The topological polar surface area (TPSA) is 105 Å². The van der Waals surface area contributed by atoms with E-state index in [4.69, 9.17) is 16.2 Å². The minimum absolute atomic E-state index is 0.380. The molecule has 2 atom stereocenters. The summed E-state index contributed by atoms with van der Waals surface area (Å²) < 4.78 is 4.90. The smallest absolute Gasteiger partial charge is 0.224 e. The lowest BCUT2D eigenvalue weighted by Gasteiger charge is -2.08. The van der Waals surface area contributed by atoms with Crippen molar-refractivity contribution < 1.29 is 14.9 Å². The Labute approximate surface area is 77.7 Å². The van der Waals surface area contributed by atoms with Crippen LogP contribution in [0.25, 0.3) is 0 Å². The normalized spacial score (nSPS) is 37.8. The second-order valence-corrected chi connectivity index (χ2v) is 3.46. The van der Waals surface area contributed by atoms with Crippen molar-refractivity contribution in [1.29, 1.82) is 0 Å². The third-order valence-electron chi connectivity index (χ3n) is 2.35. The van der Waals surface area contributed by atoms with Crippen LogP contribution in [0.4, 0.5) is 0 Å². The number of nitrogens with two attached hydrogens (primary N) is 2. The SMILES string of the molecule is NCCCC1(O)OC1(O)CCCN. The first-order valence-electron chi connectivity index (χ1n) is 4.63. The summed E-state index contributed by atoms with van der Waals surface area (Å²) in [6.45, 7) is 0.970. The fourth-order valence-corrected chi connectivity index (χ4v) is 1.43. The quantitative estimate of drug-likeness (QED) is 0.397. The summed E-state index contributed by atoms with van der Waals surface area (Å²) in [6.07, 6.45) is 2.04. The maximum Gasteiger partial charge on any atom is 0.224 e. The summed E-state index contributed by atoms with van der Waals surface area (Å²) in [7, 11) is 0. The van der Waals surface area contributed by atoms with E-state index in [1.54, 1.807) is 0 Å². The fraction of sp³-hybridized carbons (Fsp3) is 1.00. The van der Waals surface area contributed by atoms with Crippen LogP contribution in [0.3, 0.4) is 0 Å². The Kier molecular flexibility index (Phi) is 3.26. The molecule has 1 heterocycles. The largest absolute Gasteiger partial charge is 0.361 e. The summed E-state index contributed by atoms with van der Waals surface area (Å²) in [5, 5.41) is 19.3. The van der Waals surface area contributed by atoms with Gasteiger partial charge in [0.15, 0.2) is 0 Å². The van der Waals surface area contributed by atoms with Crippen molar-refractivity contribution in [3.63, 3.8) is 0 Å². The molecule has 1 fully saturated rings. The molecule has 1 aliphatic rings. The molecule has 78 valence electrons. The molecule has 0 saturated carbocycles. The van der Waals surface area contributed by atoms with Gasteiger partial charge in [0, 0.05) is 12.8 Å². The Morgan fingerprint density at radius 2 is 1.31 bits per heavy atom. The Morgan fingerprint density at radius 1 is 0.923 bits per heavy atom. The molecule has 0 bridgehead atoms. The van der Waals surface area contributed by atoms with E-state index in [9.17, 15) is 10.2 Å². The highest BCUT2D eigenvalue weighted by molar-refractivity contribution is 4.99. The lowest BCUT2D eigenvalue weighted by Crippen LogP contribution is -2.27. The van der Waals surface area contributed by atoms with Gasteiger partial charge in [0.25, 0.3) is 0 Å². The van der Waals surface area contributed by atoms with Gasteiger partial charge < -0.3 is 26.4 Å². The second kappa shape index (κ2) is 3.89. The molecule has 5 nitrogen and oxygen atoms in total. The maximum absolute atomic E-state index is 9.64. The molecule has 0 amide bonds. The van der Waals surface area contributed by atoms with Gasteiger partial charge in [-0.1, -0.05) is 0 Å². The van der Waals surface area contributed by atoms with Crippen LogP contribution in [0, 0.1) is 0 Å².